The van der Waals surface area contributed by atoms with E-state index in [0.717, 1.165) is 19.6 Å². The van der Waals surface area contributed by atoms with Crippen molar-refractivity contribution < 1.29 is 14.2 Å². The van der Waals surface area contributed by atoms with Crippen molar-refractivity contribution in [1.29, 1.82) is 0 Å². The summed E-state index contributed by atoms with van der Waals surface area (Å²) in [6.45, 7) is 6.87. The highest BCUT2D eigenvalue weighted by Gasteiger charge is 2.17. The first-order valence-corrected chi connectivity index (χ1v) is 5.31. The molecule has 0 aromatic carbocycles. The first-order valence-electron chi connectivity index (χ1n) is 5.31. The fourth-order valence-electron chi connectivity index (χ4n) is 1.26. The molecule has 0 aliphatic carbocycles. The van der Waals surface area contributed by atoms with Crippen molar-refractivity contribution in [2.45, 2.75) is 26.6 Å². The van der Waals surface area contributed by atoms with Crippen LogP contribution in [0.4, 0.5) is 0 Å². The van der Waals surface area contributed by atoms with Gasteiger partial charge in [-0.1, -0.05) is 13.8 Å². The first-order chi connectivity index (χ1) is 7.05. The second kappa shape index (κ2) is 8.05. The molecule has 0 radical (unpaired) electrons. The molecule has 0 bridgehead atoms. The Morgan fingerprint density at radius 1 is 1.13 bits per heavy atom. The van der Waals surface area contributed by atoms with Gasteiger partial charge in [-0.05, 0) is 11.8 Å². The van der Waals surface area contributed by atoms with Crippen LogP contribution >= 0.6 is 0 Å². The summed E-state index contributed by atoms with van der Waals surface area (Å²) >= 11 is 0. The van der Waals surface area contributed by atoms with Gasteiger partial charge in [0.05, 0.1) is 0 Å². The summed E-state index contributed by atoms with van der Waals surface area (Å²) in [6, 6.07) is 0. The fourth-order valence-corrected chi connectivity index (χ4v) is 1.26. The molecule has 92 valence electrons. The molecule has 0 fully saturated rings. The lowest BCUT2D eigenvalue weighted by molar-refractivity contribution is -0.0994. The Morgan fingerprint density at radius 2 is 1.73 bits per heavy atom. The van der Waals surface area contributed by atoms with Crippen molar-refractivity contribution in [3.8, 4) is 0 Å². The fraction of sp³-hybridized carbons (Fsp3) is 1.00. The molecular formula is C11H25NO3. The maximum absolute atomic E-state index is 5.09. The van der Waals surface area contributed by atoms with Gasteiger partial charge in [0.2, 0.25) is 0 Å². The molecule has 4 nitrogen and oxygen atoms in total. The van der Waals surface area contributed by atoms with Gasteiger partial charge < -0.3 is 19.5 Å². The minimum Gasteiger partial charge on any atom is -0.385 e. The Morgan fingerprint density at radius 3 is 2.20 bits per heavy atom. The molecule has 0 rings (SSSR count). The summed E-state index contributed by atoms with van der Waals surface area (Å²) in [5.74, 6) is 0. The van der Waals surface area contributed by atoms with E-state index in [9.17, 15) is 0 Å². The molecule has 0 aliphatic rings. The number of hydrogen-bond acceptors (Lipinski definition) is 4. The second-order valence-electron chi connectivity index (χ2n) is 4.44. The molecular weight excluding hydrogens is 194 g/mol. The van der Waals surface area contributed by atoms with E-state index in [0.29, 0.717) is 6.54 Å². The van der Waals surface area contributed by atoms with Crippen LogP contribution in [-0.4, -0.2) is 47.3 Å². The van der Waals surface area contributed by atoms with E-state index >= 15 is 0 Å². The Hall–Kier alpha value is -0.160. The zero-order valence-electron chi connectivity index (χ0n) is 10.6. The van der Waals surface area contributed by atoms with E-state index in [2.05, 4.69) is 19.2 Å². The van der Waals surface area contributed by atoms with Gasteiger partial charge in [-0.15, -0.1) is 0 Å². The van der Waals surface area contributed by atoms with Crippen LogP contribution in [0.25, 0.3) is 0 Å². The highest BCUT2D eigenvalue weighted by molar-refractivity contribution is 4.71. The Labute approximate surface area is 93.3 Å². The molecule has 0 aromatic rings. The first kappa shape index (κ1) is 14.8. The van der Waals surface area contributed by atoms with Crippen molar-refractivity contribution in [2.75, 3.05) is 41.0 Å². The Balaban J connectivity index is 3.63. The highest BCUT2D eigenvalue weighted by atomic mass is 16.7. The molecule has 0 atom stereocenters. The summed E-state index contributed by atoms with van der Waals surface area (Å²) < 4.78 is 15.2. The van der Waals surface area contributed by atoms with Crippen molar-refractivity contribution in [3.63, 3.8) is 0 Å². The monoisotopic (exact) mass is 219 g/mol. The number of ether oxygens (including phenoxy) is 3. The summed E-state index contributed by atoms with van der Waals surface area (Å²) in [7, 11) is 5.02. The SMILES string of the molecule is COCCC(C)(C)CNCC(OC)OC. The third kappa shape index (κ3) is 7.73. The molecule has 1 N–H and O–H groups in total. The number of rotatable bonds is 9. The normalized spacial score (nSPS) is 12.4. The standard InChI is InChI=1S/C11H25NO3/c1-11(2,6-7-13-3)9-12-8-10(14-4)15-5/h10,12H,6-9H2,1-5H3. The average Bonchev–Trinajstić information content (AvgIpc) is 2.22. The van der Waals surface area contributed by atoms with E-state index in [1.54, 1.807) is 21.3 Å². The van der Waals surface area contributed by atoms with E-state index < -0.39 is 0 Å². The minimum atomic E-state index is -0.164. The van der Waals surface area contributed by atoms with Gasteiger partial charge in [0.15, 0.2) is 6.29 Å². The van der Waals surface area contributed by atoms with Crippen LogP contribution in [-0.2, 0) is 14.2 Å². The van der Waals surface area contributed by atoms with Crippen molar-refractivity contribution in [2.24, 2.45) is 5.41 Å². The minimum absolute atomic E-state index is 0.164. The summed E-state index contributed by atoms with van der Waals surface area (Å²) in [4.78, 5) is 0. The van der Waals surface area contributed by atoms with Gasteiger partial charge in [0.1, 0.15) is 0 Å². The van der Waals surface area contributed by atoms with E-state index in [-0.39, 0.29) is 11.7 Å². The molecule has 0 unspecified atom stereocenters. The third-order valence-corrected chi connectivity index (χ3v) is 2.42. The average molecular weight is 219 g/mol. The lowest BCUT2D eigenvalue weighted by atomic mass is 9.90. The van der Waals surface area contributed by atoms with E-state index in [1.807, 2.05) is 0 Å². The van der Waals surface area contributed by atoms with Crippen LogP contribution in [0.15, 0.2) is 0 Å². The number of methoxy groups -OCH3 is 3. The van der Waals surface area contributed by atoms with Gasteiger partial charge in [0, 0.05) is 41.0 Å². The van der Waals surface area contributed by atoms with Crippen LogP contribution in [0, 0.1) is 5.41 Å². The van der Waals surface area contributed by atoms with Gasteiger partial charge in [-0.3, -0.25) is 0 Å². The van der Waals surface area contributed by atoms with Crippen molar-refractivity contribution in [1.82, 2.24) is 5.32 Å². The topological polar surface area (TPSA) is 39.7 Å². The molecule has 0 spiro atoms. The summed E-state index contributed by atoms with van der Waals surface area (Å²) in [5.41, 5.74) is 0.238. The molecule has 4 heteroatoms. The van der Waals surface area contributed by atoms with Gasteiger partial charge >= 0.3 is 0 Å². The molecule has 0 saturated heterocycles. The molecule has 0 amide bonds. The van der Waals surface area contributed by atoms with Gasteiger partial charge in [-0.25, -0.2) is 0 Å². The Kier molecular flexibility index (Phi) is 7.96. The predicted molar refractivity (Wildman–Crippen MR) is 60.9 cm³/mol. The van der Waals surface area contributed by atoms with Crippen LogP contribution < -0.4 is 5.32 Å². The number of nitrogens with one attached hydrogen (secondary N) is 1. The summed E-state index contributed by atoms with van der Waals surface area (Å²) in [5, 5.41) is 3.33. The third-order valence-electron chi connectivity index (χ3n) is 2.42. The maximum Gasteiger partial charge on any atom is 0.169 e. The van der Waals surface area contributed by atoms with Crippen LogP contribution in [0.3, 0.4) is 0 Å². The van der Waals surface area contributed by atoms with Crippen molar-refractivity contribution >= 4 is 0 Å². The zero-order chi connectivity index (χ0) is 11.7. The van der Waals surface area contributed by atoms with Crippen molar-refractivity contribution in [3.05, 3.63) is 0 Å². The molecule has 0 heterocycles. The quantitative estimate of drug-likeness (QED) is 0.593. The number of hydrogen-bond donors (Lipinski definition) is 1. The van der Waals surface area contributed by atoms with Crippen LogP contribution in [0.1, 0.15) is 20.3 Å². The van der Waals surface area contributed by atoms with Gasteiger partial charge in [0.25, 0.3) is 0 Å². The van der Waals surface area contributed by atoms with Crippen LogP contribution in [0.5, 0.6) is 0 Å². The lowest BCUT2D eigenvalue weighted by Crippen LogP contribution is -2.36. The molecule has 15 heavy (non-hydrogen) atoms. The summed E-state index contributed by atoms with van der Waals surface area (Å²) in [6.07, 6.45) is 0.879. The lowest BCUT2D eigenvalue weighted by Gasteiger charge is -2.25. The maximum atomic E-state index is 5.09. The Bertz CT molecular complexity index is 147. The van der Waals surface area contributed by atoms with Crippen LogP contribution in [0.2, 0.25) is 0 Å². The molecule has 0 saturated carbocycles. The largest absolute Gasteiger partial charge is 0.385 e. The smallest absolute Gasteiger partial charge is 0.169 e. The van der Waals surface area contributed by atoms with E-state index in [4.69, 9.17) is 14.2 Å². The molecule has 0 aromatic heterocycles. The highest BCUT2D eigenvalue weighted by Crippen LogP contribution is 2.18. The van der Waals surface area contributed by atoms with Gasteiger partial charge in [-0.2, -0.15) is 0 Å². The predicted octanol–water partition coefficient (Wildman–Crippen LogP) is 1.26. The molecule has 0 aliphatic heterocycles. The second-order valence-corrected chi connectivity index (χ2v) is 4.44. The zero-order valence-corrected chi connectivity index (χ0v) is 10.6. The van der Waals surface area contributed by atoms with E-state index in [1.165, 1.54) is 0 Å².